The Balaban J connectivity index is 2.28. The van der Waals surface area contributed by atoms with Gasteiger partial charge in [-0.15, -0.1) is 16.4 Å². The second-order valence-corrected chi connectivity index (χ2v) is 7.76. The molecule has 0 saturated heterocycles. The summed E-state index contributed by atoms with van der Waals surface area (Å²) in [5.74, 6) is 1.36. The van der Waals surface area contributed by atoms with Gasteiger partial charge in [0.15, 0.2) is 0 Å². The number of thiophene rings is 1. The summed E-state index contributed by atoms with van der Waals surface area (Å²) in [6.45, 7) is 8.12. The Morgan fingerprint density at radius 3 is 2.68 bits per heavy atom. The number of ether oxygens (including phenoxy) is 1. The van der Waals surface area contributed by atoms with Crippen LogP contribution in [0.2, 0.25) is 0 Å². The third-order valence-corrected chi connectivity index (χ3v) is 4.73. The summed E-state index contributed by atoms with van der Waals surface area (Å²) in [5, 5.41) is 16.7. The van der Waals surface area contributed by atoms with E-state index in [1.807, 2.05) is 33.8 Å². The van der Waals surface area contributed by atoms with Gasteiger partial charge in [-0.3, -0.25) is 5.10 Å². The number of hydrogen-bond donors (Lipinski definition) is 2. The van der Waals surface area contributed by atoms with Crippen molar-refractivity contribution in [2.75, 3.05) is 5.73 Å². The molecule has 1 aliphatic rings. The van der Waals surface area contributed by atoms with Crippen LogP contribution in [0, 0.1) is 23.7 Å². The van der Waals surface area contributed by atoms with Gasteiger partial charge in [0.05, 0.1) is 23.1 Å². The summed E-state index contributed by atoms with van der Waals surface area (Å²) < 4.78 is 5.92. The van der Waals surface area contributed by atoms with Crippen LogP contribution in [0.25, 0.3) is 0 Å². The van der Waals surface area contributed by atoms with Crippen molar-refractivity contribution < 1.29 is 4.74 Å². The van der Waals surface area contributed by atoms with Crippen LogP contribution in [0.5, 0.6) is 5.88 Å². The van der Waals surface area contributed by atoms with E-state index < -0.39 is 0 Å². The van der Waals surface area contributed by atoms with Gasteiger partial charge in [0.25, 0.3) is 0 Å². The first-order valence-electron chi connectivity index (χ1n) is 7.05. The molecule has 22 heavy (non-hydrogen) atoms. The lowest BCUT2D eigenvalue weighted by Gasteiger charge is -2.30. The zero-order valence-electron chi connectivity index (χ0n) is 13.0. The third-order valence-electron chi connectivity index (χ3n) is 3.67. The van der Waals surface area contributed by atoms with Crippen molar-refractivity contribution in [2.45, 2.75) is 33.6 Å². The molecule has 0 aliphatic carbocycles. The van der Waals surface area contributed by atoms with E-state index in [1.54, 1.807) is 11.3 Å². The number of nitrogens with two attached hydrogens (primary N) is 1. The van der Waals surface area contributed by atoms with Crippen LogP contribution in [0.15, 0.2) is 23.5 Å². The second kappa shape index (κ2) is 4.89. The molecule has 0 spiro atoms. The maximum Gasteiger partial charge on any atom is 0.244 e. The monoisotopic (exact) mass is 314 g/mol. The molecule has 0 saturated carbocycles. The molecule has 114 valence electrons. The molecule has 1 unspecified atom stereocenters. The van der Waals surface area contributed by atoms with E-state index in [0.29, 0.717) is 23.0 Å². The Morgan fingerprint density at radius 2 is 2.14 bits per heavy atom. The van der Waals surface area contributed by atoms with Crippen molar-refractivity contribution >= 4 is 17.2 Å². The van der Waals surface area contributed by atoms with Gasteiger partial charge in [-0.2, -0.15) is 5.26 Å². The predicted molar refractivity (Wildman–Crippen MR) is 86.6 cm³/mol. The maximum absolute atomic E-state index is 9.76. The van der Waals surface area contributed by atoms with E-state index >= 15 is 0 Å². The summed E-state index contributed by atoms with van der Waals surface area (Å²) in [7, 11) is 0. The number of nitriles is 1. The fourth-order valence-corrected chi connectivity index (χ4v) is 3.69. The Bertz CT molecular complexity index is 801. The third kappa shape index (κ3) is 2.18. The number of nitrogens with zero attached hydrogens (tertiary/aromatic N) is 2. The van der Waals surface area contributed by atoms with Gasteiger partial charge < -0.3 is 10.5 Å². The van der Waals surface area contributed by atoms with Gasteiger partial charge in [-0.05, 0) is 19.1 Å². The lowest BCUT2D eigenvalue weighted by atomic mass is 9.81. The van der Waals surface area contributed by atoms with Crippen molar-refractivity contribution in [1.29, 1.82) is 5.26 Å². The van der Waals surface area contributed by atoms with Crippen LogP contribution in [0.4, 0.5) is 5.82 Å². The van der Waals surface area contributed by atoms with Crippen LogP contribution in [-0.2, 0) is 0 Å². The molecule has 1 aliphatic heterocycles. The number of hydrogen-bond acceptors (Lipinski definition) is 5. The summed E-state index contributed by atoms with van der Waals surface area (Å²) in [4.78, 5) is 2.27. The van der Waals surface area contributed by atoms with Crippen LogP contribution in [0.3, 0.4) is 0 Å². The molecule has 0 fully saturated rings. The van der Waals surface area contributed by atoms with Gasteiger partial charge in [0.2, 0.25) is 5.88 Å². The quantitative estimate of drug-likeness (QED) is 0.840. The minimum absolute atomic E-state index is 0.222. The standard InChI is InChI=1S/C16H18N4OS/c1-8-5-6-10(22-8)11-9(7-17)13(16(2,3)4)21-15-12(11)14(18)19-20-15/h5-6,11H,1-4H3,(H3,18,19,20). The molecule has 0 bridgehead atoms. The zero-order valence-corrected chi connectivity index (χ0v) is 13.8. The summed E-state index contributed by atoms with van der Waals surface area (Å²) >= 11 is 1.66. The first kappa shape index (κ1) is 14.7. The van der Waals surface area contributed by atoms with Crippen LogP contribution in [0.1, 0.15) is 42.0 Å². The van der Waals surface area contributed by atoms with Crippen molar-refractivity contribution in [3.05, 3.63) is 38.8 Å². The zero-order chi connectivity index (χ0) is 16.1. The minimum Gasteiger partial charge on any atom is -0.440 e. The molecule has 0 radical (unpaired) electrons. The number of rotatable bonds is 1. The molecule has 5 nitrogen and oxygen atoms in total. The summed E-state index contributed by atoms with van der Waals surface area (Å²) in [5.41, 5.74) is 7.11. The van der Waals surface area contributed by atoms with E-state index in [1.165, 1.54) is 4.88 Å². The average Bonchev–Trinajstić information content (AvgIpc) is 3.02. The second-order valence-electron chi connectivity index (χ2n) is 6.44. The average molecular weight is 314 g/mol. The Morgan fingerprint density at radius 1 is 1.41 bits per heavy atom. The number of H-pyrrole nitrogens is 1. The van der Waals surface area contributed by atoms with E-state index in [0.717, 1.165) is 10.4 Å². The highest BCUT2D eigenvalue weighted by Crippen LogP contribution is 2.49. The molecule has 1 atom stereocenters. The number of allylic oxidation sites excluding steroid dienone is 2. The molecule has 2 aromatic rings. The highest BCUT2D eigenvalue weighted by atomic mass is 32.1. The van der Waals surface area contributed by atoms with Gasteiger partial charge in [0.1, 0.15) is 11.6 Å². The molecule has 3 N–H and O–H groups in total. The normalized spacial score (nSPS) is 17.9. The number of fused-ring (bicyclic) bond motifs is 1. The van der Waals surface area contributed by atoms with Crippen molar-refractivity contribution in [3.8, 4) is 11.9 Å². The fraction of sp³-hybridized carbons (Fsp3) is 0.375. The lowest BCUT2D eigenvalue weighted by Crippen LogP contribution is -2.24. The number of aromatic nitrogens is 2. The number of anilines is 1. The smallest absolute Gasteiger partial charge is 0.244 e. The van der Waals surface area contributed by atoms with E-state index in [4.69, 9.17) is 10.5 Å². The SMILES string of the molecule is Cc1ccc(C2C(C#N)=C(C(C)(C)C)Oc3n[nH]c(N)c32)s1. The Hall–Kier alpha value is -2.26. The molecule has 2 aromatic heterocycles. The van der Waals surface area contributed by atoms with Crippen molar-refractivity contribution in [1.82, 2.24) is 10.2 Å². The van der Waals surface area contributed by atoms with Crippen LogP contribution in [-0.4, -0.2) is 10.2 Å². The van der Waals surface area contributed by atoms with Gasteiger partial charge >= 0.3 is 0 Å². The largest absolute Gasteiger partial charge is 0.440 e. The predicted octanol–water partition coefficient (Wildman–Crippen LogP) is 3.71. The van der Waals surface area contributed by atoms with Gasteiger partial charge in [-0.1, -0.05) is 20.8 Å². The van der Waals surface area contributed by atoms with Crippen molar-refractivity contribution in [3.63, 3.8) is 0 Å². The first-order chi connectivity index (χ1) is 10.3. The maximum atomic E-state index is 9.76. The number of nitrogens with one attached hydrogen (secondary N) is 1. The van der Waals surface area contributed by atoms with Gasteiger partial charge in [0, 0.05) is 15.2 Å². The van der Waals surface area contributed by atoms with Gasteiger partial charge in [-0.25, -0.2) is 0 Å². The van der Waals surface area contributed by atoms with Crippen molar-refractivity contribution in [2.24, 2.45) is 5.41 Å². The highest BCUT2D eigenvalue weighted by molar-refractivity contribution is 7.12. The molecular formula is C16H18N4OS. The molecule has 6 heteroatoms. The highest BCUT2D eigenvalue weighted by Gasteiger charge is 2.39. The molecule has 3 heterocycles. The minimum atomic E-state index is -0.291. The lowest BCUT2D eigenvalue weighted by molar-refractivity contribution is 0.270. The summed E-state index contributed by atoms with van der Waals surface area (Å²) in [6.07, 6.45) is 0. The number of aryl methyl sites for hydroxylation is 1. The van der Waals surface area contributed by atoms with E-state index in [2.05, 4.69) is 22.3 Å². The Labute approximate surface area is 133 Å². The fourth-order valence-electron chi connectivity index (χ4n) is 2.70. The van der Waals surface area contributed by atoms with Crippen LogP contribution >= 0.6 is 11.3 Å². The molecular weight excluding hydrogens is 296 g/mol. The number of nitrogen functional groups attached to an aromatic ring is 1. The van der Waals surface area contributed by atoms with E-state index in [9.17, 15) is 5.26 Å². The van der Waals surface area contributed by atoms with Crippen LogP contribution < -0.4 is 10.5 Å². The first-order valence-corrected chi connectivity index (χ1v) is 7.87. The van der Waals surface area contributed by atoms with E-state index in [-0.39, 0.29) is 11.3 Å². The molecule has 0 amide bonds. The molecule has 3 rings (SSSR count). The topological polar surface area (TPSA) is 87.7 Å². The Kier molecular flexibility index (Phi) is 3.26. The summed E-state index contributed by atoms with van der Waals surface area (Å²) in [6, 6.07) is 6.44. The molecule has 0 aromatic carbocycles. The number of aromatic amines is 1.